The number of piperidine rings is 1. The number of hydrogen-bond acceptors (Lipinski definition) is 2. The predicted octanol–water partition coefficient (Wildman–Crippen LogP) is 4.15. The van der Waals surface area contributed by atoms with Crippen molar-refractivity contribution in [3.63, 3.8) is 0 Å². The molecule has 1 aliphatic rings. The van der Waals surface area contributed by atoms with Crippen molar-refractivity contribution in [3.05, 3.63) is 64.2 Å². The summed E-state index contributed by atoms with van der Waals surface area (Å²) in [4.78, 5) is 0. The van der Waals surface area contributed by atoms with E-state index in [-0.39, 0.29) is 5.92 Å². The van der Waals surface area contributed by atoms with E-state index in [9.17, 15) is 0 Å². The minimum atomic E-state index is 0.290. The van der Waals surface area contributed by atoms with E-state index in [1.54, 1.807) is 6.08 Å². The quantitative estimate of drug-likeness (QED) is 0.650. The van der Waals surface area contributed by atoms with Gasteiger partial charge in [0.1, 0.15) is 0 Å². The summed E-state index contributed by atoms with van der Waals surface area (Å²) < 4.78 is 0. The third-order valence-corrected chi connectivity index (χ3v) is 3.64. The van der Waals surface area contributed by atoms with Crippen LogP contribution in [-0.4, -0.2) is 13.1 Å². The second kappa shape index (κ2) is 6.98. The molecule has 0 bridgehead atoms. The van der Waals surface area contributed by atoms with Crippen LogP contribution in [0.3, 0.4) is 0 Å². The van der Waals surface area contributed by atoms with Crippen molar-refractivity contribution in [2.75, 3.05) is 18.8 Å². The van der Waals surface area contributed by atoms with Gasteiger partial charge in [-0.1, -0.05) is 47.5 Å². The van der Waals surface area contributed by atoms with E-state index in [4.69, 9.17) is 28.9 Å². The lowest BCUT2D eigenvalue weighted by Crippen LogP contribution is -2.30. The van der Waals surface area contributed by atoms with Crippen molar-refractivity contribution in [1.82, 2.24) is 5.32 Å². The number of nitrogens with two attached hydrogens (primary N) is 1. The zero-order chi connectivity index (χ0) is 14.5. The molecule has 106 valence electrons. The Bertz CT molecular complexity index is 561. The molecule has 2 rings (SSSR count). The fourth-order valence-corrected chi connectivity index (χ4v) is 2.88. The van der Waals surface area contributed by atoms with Gasteiger partial charge in [-0.05, 0) is 42.8 Å². The van der Waals surface area contributed by atoms with Crippen LogP contribution in [0.25, 0.3) is 0 Å². The number of nitrogen functional groups attached to an aromatic ring is 1. The minimum Gasteiger partial charge on any atom is -0.399 e. The fourth-order valence-electron chi connectivity index (χ4n) is 2.43. The van der Waals surface area contributed by atoms with Crippen LogP contribution >= 0.6 is 23.2 Å². The number of benzene rings is 1. The third kappa shape index (κ3) is 4.14. The zero-order valence-corrected chi connectivity index (χ0v) is 12.7. The number of allylic oxidation sites excluding steroid dienone is 4. The molecule has 0 spiro atoms. The first kappa shape index (κ1) is 15.2. The highest BCUT2D eigenvalue weighted by molar-refractivity contribution is 6.35. The number of hydrogen-bond donors (Lipinski definition) is 2. The Kier molecular flexibility index (Phi) is 5.30. The number of nitrogens with one attached hydrogen (secondary N) is 1. The highest BCUT2D eigenvalue weighted by atomic mass is 35.5. The van der Waals surface area contributed by atoms with Crippen LogP contribution in [0.1, 0.15) is 17.9 Å². The molecule has 0 aliphatic carbocycles. The van der Waals surface area contributed by atoms with Crippen LogP contribution in [0.4, 0.5) is 5.69 Å². The van der Waals surface area contributed by atoms with Gasteiger partial charge < -0.3 is 11.1 Å². The summed E-state index contributed by atoms with van der Waals surface area (Å²) >= 11 is 11.9. The maximum absolute atomic E-state index is 6.19. The molecule has 3 N–H and O–H groups in total. The van der Waals surface area contributed by atoms with Crippen molar-refractivity contribution in [1.29, 1.82) is 0 Å². The summed E-state index contributed by atoms with van der Waals surface area (Å²) in [6.07, 6.45) is 4.61. The van der Waals surface area contributed by atoms with Crippen molar-refractivity contribution >= 4 is 28.9 Å². The van der Waals surface area contributed by atoms with E-state index < -0.39 is 0 Å². The smallest absolute Gasteiger partial charge is 0.0420 e. The van der Waals surface area contributed by atoms with Gasteiger partial charge in [-0.15, -0.1) is 0 Å². The summed E-state index contributed by atoms with van der Waals surface area (Å²) in [5.74, 6) is 0.290. The Balaban J connectivity index is 2.30. The average Bonchev–Trinajstić information content (AvgIpc) is 2.38. The normalized spacial score (nSPS) is 22.0. The molecular weight excluding hydrogens is 291 g/mol. The minimum absolute atomic E-state index is 0.290. The maximum atomic E-state index is 6.19. The fraction of sp³-hybridized carbons (Fsp3) is 0.250. The van der Waals surface area contributed by atoms with Crippen LogP contribution in [0.15, 0.2) is 58.6 Å². The molecule has 0 radical (unpaired) electrons. The Labute approximate surface area is 130 Å². The van der Waals surface area contributed by atoms with Gasteiger partial charge in [-0.2, -0.15) is 0 Å². The van der Waals surface area contributed by atoms with E-state index in [0.29, 0.717) is 10.1 Å². The molecule has 1 saturated heterocycles. The first-order chi connectivity index (χ1) is 9.56. The first-order valence-corrected chi connectivity index (χ1v) is 7.30. The van der Waals surface area contributed by atoms with E-state index in [2.05, 4.69) is 18.0 Å². The van der Waals surface area contributed by atoms with Gasteiger partial charge in [0, 0.05) is 28.2 Å². The summed E-state index contributed by atoms with van der Waals surface area (Å²) in [7, 11) is 0. The molecule has 0 amide bonds. The lowest BCUT2D eigenvalue weighted by Gasteiger charge is -2.27. The molecule has 4 heteroatoms. The molecule has 0 aromatic heterocycles. The van der Waals surface area contributed by atoms with Gasteiger partial charge in [0.2, 0.25) is 0 Å². The molecule has 1 atom stereocenters. The Hall–Kier alpha value is -1.22. The lowest BCUT2D eigenvalue weighted by molar-refractivity contribution is 0.555. The second-order valence-corrected chi connectivity index (χ2v) is 5.79. The summed E-state index contributed by atoms with van der Waals surface area (Å²) in [5, 5.41) is 4.45. The van der Waals surface area contributed by atoms with Gasteiger partial charge >= 0.3 is 0 Å². The van der Waals surface area contributed by atoms with Crippen molar-refractivity contribution < 1.29 is 0 Å². The maximum Gasteiger partial charge on any atom is 0.0420 e. The second-order valence-electron chi connectivity index (χ2n) is 4.87. The monoisotopic (exact) mass is 308 g/mol. The molecular formula is C16H18Cl2N2. The van der Waals surface area contributed by atoms with Crippen molar-refractivity contribution in [2.45, 2.75) is 12.3 Å². The van der Waals surface area contributed by atoms with E-state index in [1.165, 1.54) is 11.1 Å². The summed E-state index contributed by atoms with van der Waals surface area (Å²) in [6.45, 7) is 5.47. The molecule has 20 heavy (non-hydrogen) atoms. The molecule has 1 unspecified atom stereocenters. The van der Waals surface area contributed by atoms with Crippen LogP contribution in [0, 0.1) is 0 Å². The van der Waals surface area contributed by atoms with Gasteiger partial charge in [0.25, 0.3) is 0 Å². The standard InChI is InChI=1S/C16H18Cl2N2/c1-11(17)7-14(18)8-13-5-6-20-10-16(13)12-3-2-4-15(19)9-12/h2-4,7-9,16,20H,1,5-6,10,19H2/b13-8+,14-7+. The summed E-state index contributed by atoms with van der Waals surface area (Å²) in [5.41, 5.74) is 9.14. The van der Waals surface area contributed by atoms with Crippen LogP contribution in [-0.2, 0) is 0 Å². The molecule has 1 aliphatic heterocycles. The van der Waals surface area contributed by atoms with E-state index in [1.807, 2.05) is 24.3 Å². The van der Waals surface area contributed by atoms with Gasteiger partial charge in [-0.3, -0.25) is 0 Å². The van der Waals surface area contributed by atoms with E-state index >= 15 is 0 Å². The van der Waals surface area contributed by atoms with Gasteiger partial charge in [0.15, 0.2) is 0 Å². The van der Waals surface area contributed by atoms with Crippen LogP contribution < -0.4 is 11.1 Å². The largest absolute Gasteiger partial charge is 0.399 e. The Morgan fingerprint density at radius 3 is 2.90 bits per heavy atom. The third-order valence-electron chi connectivity index (χ3n) is 3.32. The highest BCUT2D eigenvalue weighted by Crippen LogP contribution is 2.31. The molecule has 1 fully saturated rings. The average molecular weight is 309 g/mol. The Morgan fingerprint density at radius 2 is 2.20 bits per heavy atom. The van der Waals surface area contributed by atoms with Crippen molar-refractivity contribution in [2.24, 2.45) is 0 Å². The SMILES string of the molecule is C=C(Cl)/C=C(Cl)\C=C1/CCNCC1c1cccc(N)c1. The lowest BCUT2D eigenvalue weighted by atomic mass is 9.86. The highest BCUT2D eigenvalue weighted by Gasteiger charge is 2.20. The Morgan fingerprint density at radius 1 is 1.40 bits per heavy atom. The summed E-state index contributed by atoms with van der Waals surface area (Å²) in [6, 6.07) is 7.99. The molecule has 1 aromatic rings. The zero-order valence-electron chi connectivity index (χ0n) is 11.2. The molecule has 2 nitrogen and oxygen atoms in total. The predicted molar refractivity (Wildman–Crippen MR) is 88.1 cm³/mol. The van der Waals surface area contributed by atoms with E-state index in [0.717, 1.165) is 25.2 Å². The van der Waals surface area contributed by atoms with Gasteiger partial charge in [0.05, 0.1) is 0 Å². The van der Waals surface area contributed by atoms with Crippen LogP contribution in [0.5, 0.6) is 0 Å². The molecule has 1 aromatic carbocycles. The number of rotatable bonds is 3. The molecule has 1 heterocycles. The van der Waals surface area contributed by atoms with Crippen molar-refractivity contribution in [3.8, 4) is 0 Å². The van der Waals surface area contributed by atoms with Gasteiger partial charge in [-0.25, -0.2) is 0 Å². The number of halogens is 2. The topological polar surface area (TPSA) is 38.0 Å². The molecule has 0 saturated carbocycles. The van der Waals surface area contributed by atoms with Crippen LogP contribution in [0.2, 0.25) is 0 Å². The first-order valence-electron chi connectivity index (χ1n) is 6.54. The number of anilines is 1.